The molecule has 0 heterocycles. The number of hydrogen-bond donors (Lipinski definition) is 1. The van der Waals surface area contributed by atoms with E-state index in [1.54, 1.807) is 23.9 Å². The van der Waals surface area contributed by atoms with Crippen molar-refractivity contribution < 1.29 is 5.11 Å². The van der Waals surface area contributed by atoms with E-state index in [1.165, 1.54) is 10.5 Å². The molecule has 4 heteroatoms. The van der Waals surface area contributed by atoms with Crippen molar-refractivity contribution in [1.82, 2.24) is 0 Å². The SMILES string of the molecule is CSc1cc(Cl)cc(CCc2ccc(O)c(Cl)c2)c1. The minimum Gasteiger partial charge on any atom is -0.506 e. The van der Waals surface area contributed by atoms with Gasteiger partial charge < -0.3 is 5.11 Å². The van der Waals surface area contributed by atoms with Gasteiger partial charge in [0.25, 0.3) is 0 Å². The summed E-state index contributed by atoms with van der Waals surface area (Å²) in [4.78, 5) is 1.17. The van der Waals surface area contributed by atoms with Crippen molar-refractivity contribution in [2.75, 3.05) is 6.26 Å². The molecule has 100 valence electrons. The molecule has 2 aromatic carbocycles. The minimum absolute atomic E-state index is 0.123. The fraction of sp³-hybridized carbons (Fsp3) is 0.200. The summed E-state index contributed by atoms with van der Waals surface area (Å²) in [5.41, 5.74) is 2.31. The Bertz CT molecular complexity index is 584. The zero-order valence-electron chi connectivity index (χ0n) is 10.5. The second-order valence-corrected chi connectivity index (χ2v) is 6.01. The van der Waals surface area contributed by atoms with Crippen LogP contribution in [0.5, 0.6) is 5.75 Å². The summed E-state index contributed by atoms with van der Waals surface area (Å²) in [6.07, 6.45) is 3.80. The van der Waals surface area contributed by atoms with Crippen LogP contribution in [0.2, 0.25) is 10.0 Å². The van der Waals surface area contributed by atoms with Crippen LogP contribution in [-0.4, -0.2) is 11.4 Å². The maximum absolute atomic E-state index is 9.38. The number of hydrogen-bond acceptors (Lipinski definition) is 2. The van der Waals surface area contributed by atoms with E-state index in [0.717, 1.165) is 23.4 Å². The zero-order chi connectivity index (χ0) is 13.8. The van der Waals surface area contributed by atoms with Crippen LogP contribution < -0.4 is 0 Å². The molecule has 0 fully saturated rings. The standard InChI is InChI=1S/C15H14Cl2OS/c1-19-13-7-11(6-12(16)9-13)3-2-10-4-5-15(18)14(17)8-10/h4-9,18H,2-3H2,1H3. The van der Waals surface area contributed by atoms with Crippen LogP contribution in [0.25, 0.3) is 0 Å². The Kier molecular flexibility index (Phi) is 5.03. The monoisotopic (exact) mass is 312 g/mol. The molecule has 2 rings (SSSR count). The Balaban J connectivity index is 2.09. The Morgan fingerprint density at radius 3 is 2.42 bits per heavy atom. The predicted molar refractivity (Wildman–Crippen MR) is 83.8 cm³/mol. The van der Waals surface area contributed by atoms with Gasteiger partial charge in [0, 0.05) is 9.92 Å². The maximum Gasteiger partial charge on any atom is 0.134 e. The molecule has 2 aromatic rings. The van der Waals surface area contributed by atoms with Crippen LogP contribution in [0.3, 0.4) is 0 Å². The lowest BCUT2D eigenvalue weighted by Gasteiger charge is -2.06. The maximum atomic E-state index is 9.38. The topological polar surface area (TPSA) is 20.2 Å². The van der Waals surface area contributed by atoms with Crippen molar-refractivity contribution in [1.29, 1.82) is 0 Å². The highest BCUT2D eigenvalue weighted by Gasteiger charge is 2.03. The molecule has 0 aliphatic carbocycles. The highest BCUT2D eigenvalue weighted by molar-refractivity contribution is 7.98. The summed E-state index contributed by atoms with van der Waals surface area (Å²) < 4.78 is 0. The molecular weight excluding hydrogens is 299 g/mol. The molecule has 0 atom stereocenters. The second-order valence-electron chi connectivity index (χ2n) is 4.29. The highest BCUT2D eigenvalue weighted by atomic mass is 35.5. The molecule has 0 saturated heterocycles. The largest absolute Gasteiger partial charge is 0.506 e. The smallest absolute Gasteiger partial charge is 0.134 e. The van der Waals surface area contributed by atoms with Crippen molar-refractivity contribution in [2.45, 2.75) is 17.7 Å². The second kappa shape index (κ2) is 6.56. The first-order valence-electron chi connectivity index (χ1n) is 5.89. The van der Waals surface area contributed by atoms with Gasteiger partial charge in [0.15, 0.2) is 0 Å². The van der Waals surface area contributed by atoms with Crippen molar-refractivity contribution in [3.63, 3.8) is 0 Å². The quantitative estimate of drug-likeness (QED) is 0.782. The molecule has 0 aromatic heterocycles. The Morgan fingerprint density at radius 2 is 1.74 bits per heavy atom. The molecule has 1 N–H and O–H groups in total. The normalized spacial score (nSPS) is 10.7. The van der Waals surface area contributed by atoms with Gasteiger partial charge >= 0.3 is 0 Å². The highest BCUT2D eigenvalue weighted by Crippen LogP contribution is 2.26. The van der Waals surface area contributed by atoms with Crippen LogP contribution in [0.1, 0.15) is 11.1 Å². The van der Waals surface area contributed by atoms with Gasteiger partial charge in [-0.1, -0.05) is 29.3 Å². The van der Waals surface area contributed by atoms with Crippen molar-refractivity contribution in [3.05, 3.63) is 57.6 Å². The van der Waals surface area contributed by atoms with E-state index in [0.29, 0.717) is 5.02 Å². The summed E-state index contributed by atoms with van der Waals surface area (Å²) >= 11 is 13.7. The van der Waals surface area contributed by atoms with Crippen LogP contribution >= 0.6 is 35.0 Å². The van der Waals surface area contributed by atoms with Crippen LogP contribution in [-0.2, 0) is 12.8 Å². The third-order valence-electron chi connectivity index (χ3n) is 2.88. The summed E-state index contributed by atoms with van der Waals surface area (Å²) in [6.45, 7) is 0. The molecule has 0 aliphatic heterocycles. The Morgan fingerprint density at radius 1 is 1.00 bits per heavy atom. The third-order valence-corrected chi connectivity index (χ3v) is 4.11. The van der Waals surface area contributed by atoms with Crippen molar-refractivity contribution >= 4 is 35.0 Å². The number of phenolic OH excluding ortho intramolecular Hbond substituents is 1. The fourth-order valence-corrected chi connectivity index (χ4v) is 2.92. The van der Waals surface area contributed by atoms with Gasteiger partial charge in [-0.05, 0) is 60.6 Å². The molecular formula is C15H14Cl2OS. The molecule has 0 unspecified atom stereocenters. The van der Waals surface area contributed by atoms with E-state index in [4.69, 9.17) is 23.2 Å². The van der Waals surface area contributed by atoms with Gasteiger partial charge in [-0.2, -0.15) is 0 Å². The summed E-state index contributed by atoms with van der Waals surface area (Å²) in [6, 6.07) is 11.4. The van der Waals surface area contributed by atoms with E-state index in [1.807, 2.05) is 24.5 Å². The average Bonchev–Trinajstić information content (AvgIpc) is 2.39. The minimum atomic E-state index is 0.123. The average molecular weight is 313 g/mol. The number of halogens is 2. The van der Waals surface area contributed by atoms with Gasteiger partial charge in [-0.3, -0.25) is 0 Å². The fourth-order valence-electron chi connectivity index (χ4n) is 1.88. The van der Waals surface area contributed by atoms with E-state index in [-0.39, 0.29) is 5.75 Å². The van der Waals surface area contributed by atoms with Crippen molar-refractivity contribution in [2.24, 2.45) is 0 Å². The molecule has 0 amide bonds. The zero-order valence-corrected chi connectivity index (χ0v) is 12.8. The van der Waals surface area contributed by atoms with Gasteiger partial charge in [0.1, 0.15) is 5.75 Å². The summed E-state index contributed by atoms with van der Waals surface area (Å²) in [5, 5.41) is 10.5. The molecule has 1 nitrogen and oxygen atoms in total. The van der Waals surface area contributed by atoms with E-state index >= 15 is 0 Å². The number of aromatic hydroxyl groups is 1. The molecule has 0 radical (unpaired) electrons. The van der Waals surface area contributed by atoms with Crippen LogP contribution in [0.15, 0.2) is 41.3 Å². The Labute approximate surface area is 127 Å². The number of phenols is 1. The Hall–Kier alpha value is -0.830. The first-order chi connectivity index (χ1) is 9.08. The number of rotatable bonds is 4. The predicted octanol–water partition coefficient (Wildman–Crippen LogP) is 5.21. The first-order valence-corrected chi connectivity index (χ1v) is 7.87. The molecule has 0 spiro atoms. The third kappa shape index (κ3) is 4.07. The van der Waals surface area contributed by atoms with E-state index in [2.05, 4.69) is 6.07 Å². The van der Waals surface area contributed by atoms with E-state index < -0.39 is 0 Å². The number of thioether (sulfide) groups is 1. The van der Waals surface area contributed by atoms with Gasteiger partial charge in [0.05, 0.1) is 5.02 Å². The van der Waals surface area contributed by atoms with E-state index in [9.17, 15) is 5.11 Å². The molecule has 19 heavy (non-hydrogen) atoms. The molecule has 0 bridgehead atoms. The van der Waals surface area contributed by atoms with Gasteiger partial charge in [-0.15, -0.1) is 11.8 Å². The summed E-state index contributed by atoms with van der Waals surface area (Å²) in [7, 11) is 0. The molecule has 0 saturated carbocycles. The lowest BCUT2D eigenvalue weighted by Crippen LogP contribution is -1.92. The molecule has 0 aliphatic rings. The lowest BCUT2D eigenvalue weighted by molar-refractivity contribution is 0.475. The lowest BCUT2D eigenvalue weighted by atomic mass is 10.0. The summed E-state index contributed by atoms with van der Waals surface area (Å²) in [5.74, 6) is 0.123. The van der Waals surface area contributed by atoms with Crippen LogP contribution in [0.4, 0.5) is 0 Å². The number of aryl methyl sites for hydroxylation is 2. The van der Waals surface area contributed by atoms with Crippen LogP contribution in [0, 0.1) is 0 Å². The first kappa shape index (κ1) is 14.6. The van der Waals surface area contributed by atoms with Gasteiger partial charge in [-0.25, -0.2) is 0 Å². The van der Waals surface area contributed by atoms with Gasteiger partial charge in [0.2, 0.25) is 0 Å². The number of benzene rings is 2. The van der Waals surface area contributed by atoms with Crippen molar-refractivity contribution in [3.8, 4) is 5.75 Å².